The highest BCUT2D eigenvalue weighted by Gasteiger charge is 2.83. The second-order valence-electron chi connectivity index (χ2n) is 14.7. The molecular weight excluding hydrogens is 502 g/mol. The lowest BCUT2D eigenvalue weighted by Gasteiger charge is -2.49. The summed E-state index contributed by atoms with van der Waals surface area (Å²) in [6, 6.07) is 7.91. The quantitative estimate of drug-likeness (QED) is 0.284. The van der Waals surface area contributed by atoms with E-state index in [1.165, 1.54) is 16.7 Å². The molecule has 4 bridgehead atoms. The number of carbonyl (C=O) groups excluding carboxylic acids is 2. The van der Waals surface area contributed by atoms with Gasteiger partial charge >= 0.3 is 0 Å². The number of Topliss-reactive ketones (excluding diaryl/α,β-unsaturated/α-hetero) is 1. The SMILES string of the molecule is CC1=C[C@]2(C)C(=C(C)[C@@H]3[C@@H]4C[C@H](C)C[C@H](C)[C@H]4[C@H]4Oc5ccc(cc5)C[C@]5(O)NC(=O)[C@]6(O[C@H]65)C(=O)[C@H]2[C@@H]43)[C@@H]1C. The molecule has 6 nitrogen and oxygen atoms in total. The van der Waals surface area contributed by atoms with Crippen molar-refractivity contribution < 1.29 is 24.2 Å². The third kappa shape index (κ3) is 2.87. The van der Waals surface area contributed by atoms with Gasteiger partial charge < -0.3 is 19.9 Å². The summed E-state index contributed by atoms with van der Waals surface area (Å²) in [6.07, 6.45) is 3.74. The minimum Gasteiger partial charge on any atom is -0.490 e. The second kappa shape index (κ2) is 7.69. The van der Waals surface area contributed by atoms with Crippen LogP contribution in [0.1, 0.15) is 59.9 Å². The van der Waals surface area contributed by atoms with Gasteiger partial charge in [0.1, 0.15) is 11.9 Å². The van der Waals surface area contributed by atoms with E-state index in [0.717, 1.165) is 24.2 Å². The van der Waals surface area contributed by atoms with Gasteiger partial charge in [0.05, 0.1) is 0 Å². The van der Waals surface area contributed by atoms with Gasteiger partial charge in [-0.2, -0.15) is 0 Å². The van der Waals surface area contributed by atoms with Crippen molar-refractivity contribution in [1.29, 1.82) is 0 Å². The number of ether oxygens (including phenoxy) is 2. The topological polar surface area (TPSA) is 88.2 Å². The number of benzene rings is 1. The Morgan fingerprint density at radius 3 is 2.45 bits per heavy atom. The zero-order chi connectivity index (χ0) is 28.1. The van der Waals surface area contributed by atoms with E-state index < -0.39 is 34.7 Å². The van der Waals surface area contributed by atoms with Gasteiger partial charge in [-0.15, -0.1) is 0 Å². The second-order valence-corrected chi connectivity index (χ2v) is 14.7. The molecule has 4 heterocycles. The van der Waals surface area contributed by atoms with Crippen LogP contribution in [0.5, 0.6) is 5.75 Å². The number of rotatable bonds is 0. The minimum absolute atomic E-state index is 0.0838. The van der Waals surface area contributed by atoms with Crippen LogP contribution < -0.4 is 10.1 Å². The van der Waals surface area contributed by atoms with E-state index in [9.17, 15) is 9.90 Å². The highest BCUT2D eigenvalue weighted by Crippen LogP contribution is 2.69. The molecule has 8 aliphatic rings. The maximum Gasteiger partial charge on any atom is 0.265 e. The Hall–Kier alpha value is -2.44. The Morgan fingerprint density at radius 2 is 1.75 bits per heavy atom. The van der Waals surface area contributed by atoms with Gasteiger partial charge in [0.2, 0.25) is 5.60 Å². The molecule has 40 heavy (non-hydrogen) atoms. The van der Waals surface area contributed by atoms with Gasteiger partial charge in [-0.1, -0.05) is 62.6 Å². The van der Waals surface area contributed by atoms with Crippen molar-refractivity contribution in [1.82, 2.24) is 5.32 Å². The van der Waals surface area contributed by atoms with Crippen molar-refractivity contribution >= 4 is 11.7 Å². The first kappa shape index (κ1) is 25.3. The van der Waals surface area contributed by atoms with E-state index in [1.54, 1.807) is 0 Å². The van der Waals surface area contributed by atoms with Crippen LogP contribution in [0.3, 0.4) is 0 Å². The van der Waals surface area contributed by atoms with Gasteiger partial charge in [-0.25, -0.2) is 0 Å². The predicted molar refractivity (Wildman–Crippen MR) is 149 cm³/mol. The number of aliphatic hydroxyl groups is 1. The van der Waals surface area contributed by atoms with Crippen molar-refractivity contribution in [3.8, 4) is 5.75 Å². The number of morpholine rings is 1. The fourth-order valence-corrected chi connectivity index (χ4v) is 11.2. The van der Waals surface area contributed by atoms with Crippen molar-refractivity contribution in [2.24, 2.45) is 52.8 Å². The summed E-state index contributed by atoms with van der Waals surface area (Å²) in [6.45, 7) is 13.7. The molecule has 0 spiro atoms. The van der Waals surface area contributed by atoms with Crippen molar-refractivity contribution in [2.75, 3.05) is 0 Å². The fourth-order valence-electron chi connectivity index (χ4n) is 11.2. The molecule has 4 aliphatic carbocycles. The van der Waals surface area contributed by atoms with E-state index in [-0.39, 0.29) is 36.1 Å². The summed E-state index contributed by atoms with van der Waals surface area (Å²) in [5.41, 5.74) is 1.13. The highest BCUT2D eigenvalue weighted by molar-refractivity contribution is 6.16. The Labute approximate surface area is 236 Å². The van der Waals surface area contributed by atoms with Crippen molar-refractivity contribution in [3.05, 3.63) is 52.6 Å². The number of hydrogen-bond acceptors (Lipinski definition) is 5. The van der Waals surface area contributed by atoms with Crippen LogP contribution in [0, 0.1) is 52.8 Å². The third-order valence-corrected chi connectivity index (χ3v) is 12.4. The molecule has 4 fully saturated rings. The molecule has 212 valence electrons. The number of amides is 1. The number of hydrogen-bond donors (Lipinski definition) is 2. The van der Waals surface area contributed by atoms with Crippen molar-refractivity contribution in [3.63, 3.8) is 0 Å². The molecule has 4 aliphatic heterocycles. The van der Waals surface area contributed by atoms with Crippen LogP contribution >= 0.6 is 0 Å². The van der Waals surface area contributed by atoms with Gasteiger partial charge in [-0.05, 0) is 74.0 Å². The van der Waals surface area contributed by atoms with E-state index in [4.69, 9.17) is 9.47 Å². The monoisotopic (exact) mass is 543 g/mol. The molecule has 2 N–H and O–H groups in total. The first-order chi connectivity index (χ1) is 18.9. The first-order valence-corrected chi connectivity index (χ1v) is 15.3. The average molecular weight is 544 g/mol. The number of epoxide rings is 1. The summed E-state index contributed by atoms with van der Waals surface area (Å²) in [5, 5.41) is 14.5. The molecule has 0 radical (unpaired) electrons. The van der Waals surface area contributed by atoms with E-state index >= 15 is 4.79 Å². The molecule has 13 atom stereocenters. The fraction of sp³-hybridized carbons (Fsp3) is 0.647. The van der Waals surface area contributed by atoms with Gasteiger partial charge in [0.15, 0.2) is 17.6 Å². The molecule has 1 aromatic rings. The third-order valence-electron chi connectivity index (χ3n) is 12.4. The standard InChI is InChI=1S/C34H41NO5/c1-15-11-16(2)23-22(12-15)24-19(5)26-18(4)17(3)13-32(26,6)27-25(24)28(23)39-21-9-7-20(8-10-21)14-33(38)30-34(40-30,29(27)36)31(37)35-33/h7-10,13,15-16,18,22-25,27-28,30,38H,11-12,14H2,1-6H3,(H,35,37)/t15-,16+,18-,22-,23-,24-,25+,27-,28-,30+,32-,33-,34+/m1/s1. The lowest BCUT2D eigenvalue weighted by molar-refractivity contribution is -0.145. The van der Waals surface area contributed by atoms with Crippen LogP contribution in [0.2, 0.25) is 0 Å². The van der Waals surface area contributed by atoms with E-state index in [1.807, 2.05) is 24.3 Å². The van der Waals surface area contributed by atoms with Crippen LogP contribution in [0.25, 0.3) is 0 Å². The molecule has 2 saturated heterocycles. The van der Waals surface area contributed by atoms with Crippen LogP contribution in [-0.4, -0.2) is 40.3 Å². The van der Waals surface area contributed by atoms with E-state index in [0.29, 0.717) is 23.7 Å². The molecule has 0 aromatic heterocycles. The molecule has 6 heteroatoms. The molecule has 9 rings (SSSR count). The summed E-state index contributed by atoms with van der Waals surface area (Å²) >= 11 is 0. The smallest absolute Gasteiger partial charge is 0.265 e. The van der Waals surface area contributed by atoms with Crippen molar-refractivity contribution in [2.45, 2.75) is 84.3 Å². The summed E-state index contributed by atoms with van der Waals surface area (Å²) < 4.78 is 13.1. The zero-order valence-corrected chi connectivity index (χ0v) is 24.4. The predicted octanol–water partition coefficient (Wildman–Crippen LogP) is 4.61. The van der Waals surface area contributed by atoms with Gasteiger partial charge in [0.25, 0.3) is 5.91 Å². The number of carbonyl (C=O) groups is 2. The number of ketones is 1. The molecule has 1 amide bonds. The minimum atomic E-state index is -1.64. The number of nitrogens with one attached hydrogen (secondary N) is 1. The Balaban J connectivity index is 1.39. The van der Waals surface area contributed by atoms with Crippen LogP contribution in [-0.2, 0) is 20.7 Å². The average Bonchev–Trinajstić information content (AvgIpc) is 3.45. The molecule has 0 unspecified atom stereocenters. The lowest BCUT2D eigenvalue weighted by Crippen LogP contribution is -2.55. The van der Waals surface area contributed by atoms with Gasteiger partial charge in [-0.3, -0.25) is 9.59 Å². The van der Waals surface area contributed by atoms with Crippen LogP contribution in [0.4, 0.5) is 0 Å². The number of allylic oxidation sites excluding steroid dienone is 4. The maximum atomic E-state index is 15.1. The van der Waals surface area contributed by atoms with Crippen LogP contribution in [0.15, 0.2) is 47.1 Å². The van der Waals surface area contributed by atoms with Gasteiger partial charge in [0, 0.05) is 29.6 Å². The van der Waals surface area contributed by atoms with E-state index in [2.05, 4.69) is 52.9 Å². The Bertz CT molecular complexity index is 1410. The summed E-state index contributed by atoms with van der Waals surface area (Å²) in [5.74, 6) is 1.88. The Morgan fingerprint density at radius 1 is 1.02 bits per heavy atom. The number of fused-ring (bicyclic) bond motifs is 5. The first-order valence-electron chi connectivity index (χ1n) is 15.3. The molecule has 1 aromatic carbocycles. The molecule has 2 saturated carbocycles. The summed E-state index contributed by atoms with van der Waals surface area (Å²) in [7, 11) is 0. The zero-order valence-electron chi connectivity index (χ0n) is 24.4. The lowest BCUT2D eigenvalue weighted by atomic mass is 9.53. The largest absolute Gasteiger partial charge is 0.490 e. The normalized spacial score (nSPS) is 51.8. The summed E-state index contributed by atoms with van der Waals surface area (Å²) in [4.78, 5) is 28.8. The highest BCUT2D eigenvalue weighted by atomic mass is 16.6. The Kier molecular flexibility index (Phi) is 4.86. The maximum absolute atomic E-state index is 15.1. The molecular formula is C34H41NO5.